The molecule has 6 nitrogen and oxygen atoms in total. The minimum absolute atomic E-state index is 0.201. The molecular formula is C18H17FN2O4. The number of hydrogen-bond acceptors (Lipinski definition) is 4. The van der Waals surface area contributed by atoms with Crippen molar-refractivity contribution in [3.63, 3.8) is 0 Å². The fourth-order valence-electron chi connectivity index (χ4n) is 2.91. The highest BCUT2D eigenvalue weighted by atomic mass is 19.1. The highest BCUT2D eigenvalue weighted by Crippen LogP contribution is 2.23. The average molecular weight is 344 g/mol. The summed E-state index contributed by atoms with van der Waals surface area (Å²) >= 11 is 0. The first-order chi connectivity index (χ1) is 12.0. The number of morpholine rings is 1. The van der Waals surface area contributed by atoms with Crippen LogP contribution in [0.2, 0.25) is 0 Å². The number of amides is 1. The number of hydrogen-bond donors (Lipinski definition) is 0. The van der Waals surface area contributed by atoms with Gasteiger partial charge in [-0.3, -0.25) is 14.9 Å². The number of nitrogens with zero attached hydrogens (tertiary/aromatic N) is 2. The molecule has 0 aromatic heterocycles. The number of halogens is 1. The van der Waals surface area contributed by atoms with Crippen molar-refractivity contribution < 1.29 is 18.8 Å². The van der Waals surface area contributed by atoms with E-state index in [2.05, 4.69) is 0 Å². The Balaban J connectivity index is 1.76. The molecule has 0 bridgehead atoms. The number of ether oxygens (including phenoxy) is 1. The molecule has 1 fully saturated rings. The van der Waals surface area contributed by atoms with Gasteiger partial charge < -0.3 is 9.64 Å². The summed E-state index contributed by atoms with van der Waals surface area (Å²) in [5, 5.41) is 11.1. The summed E-state index contributed by atoms with van der Waals surface area (Å²) in [6.07, 6.45) is 0.434. The molecule has 0 radical (unpaired) electrons. The lowest BCUT2D eigenvalue weighted by atomic mass is 10.1. The fraction of sp³-hybridized carbons (Fsp3) is 0.278. The van der Waals surface area contributed by atoms with E-state index in [9.17, 15) is 19.3 Å². The lowest BCUT2D eigenvalue weighted by Crippen LogP contribution is -2.46. The van der Waals surface area contributed by atoms with E-state index in [1.165, 1.54) is 4.90 Å². The third-order valence-corrected chi connectivity index (χ3v) is 4.12. The largest absolute Gasteiger partial charge is 0.374 e. The Morgan fingerprint density at radius 1 is 1.28 bits per heavy atom. The van der Waals surface area contributed by atoms with Gasteiger partial charge in [-0.05, 0) is 17.7 Å². The molecule has 0 spiro atoms. The van der Waals surface area contributed by atoms with Crippen molar-refractivity contribution in [3.05, 3.63) is 75.6 Å². The molecule has 1 saturated heterocycles. The van der Waals surface area contributed by atoms with Crippen LogP contribution in [0.3, 0.4) is 0 Å². The van der Waals surface area contributed by atoms with Gasteiger partial charge in [0.15, 0.2) is 0 Å². The maximum absolute atomic E-state index is 13.5. The van der Waals surface area contributed by atoms with Gasteiger partial charge in [0, 0.05) is 25.6 Å². The Kier molecular flexibility index (Phi) is 5.04. The summed E-state index contributed by atoms with van der Waals surface area (Å²) in [5.41, 5.74) is 0.460. The van der Waals surface area contributed by atoms with Crippen LogP contribution in [-0.2, 0) is 11.2 Å². The highest BCUT2D eigenvalue weighted by molar-refractivity contribution is 5.98. The first kappa shape index (κ1) is 17.0. The molecule has 1 aliphatic heterocycles. The van der Waals surface area contributed by atoms with Crippen LogP contribution in [0.4, 0.5) is 10.1 Å². The smallest absolute Gasteiger partial charge is 0.282 e. The maximum Gasteiger partial charge on any atom is 0.282 e. The summed E-state index contributed by atoms with van der Waals surface area (Å²) in [4.78, 5) is 24.6. The zero-order chi connectivity index (χ0) is 17.8. The van der Waals surface area contributed by atoms with E-state index >= 15 is 0 Å². The molecule has 1 amide bonds. The van der Waals surface area contributed by atoms with Crippen LogP contribution in [0.15, 0.2) is 48.5 Å². The molecule has 1 unspecified atom stereocenters. The van der Waals surface area contributed by atoms with Crippen LogP contribution in [-0.4, -0.2) is 41.5 Å². The first-order valence-electron chi connectivity index (χ1n) is 7.93. The van der Waals surface area contributed by atoms with Gasteiger partial charge in [0.2, 0.25) is 0 Å². The van der Waals surface area contributed by atoms with E-state index in [1.54, 1.807) is 0 Å². The number of benzene rings is 2. The lowest BCUT2D eigenvalue weighted by molar-refractivity contribution is -0.385. The second kappa shape index (κ2) is 7.40. The van der Waals surface area contributed by atoms with Crippen molar-refractivity contribution >= 4 is 11.6 Å². The Morgan fingerprint density at radius 3 is 2.76 bits per heavy atom. The minimum Gasteiger partial charge on any atom is -0.374 e. The topological polar surface area (TPSA) is 72.7 Å². The van der Waals surface area contributed by atoms with Crippen LogP contribution in [0.25, 0.3) is 0 Å². The van der Waals surface area contributed by atoms with Crippen molar-refractivity contribution in [2.24, 2.45) is 0 Å². The second-order valence-electron chi connectivity index (χ2n) is 5.85. The SMILES string of the molecule is O=C(c1cc(F)ccc1[N+](=O)[O-])N1CCOC(Cc2ccccc2)C1. The standard InChI is InChI=1S/C18H17FN2O4/c19-14-6-7-17(21(23)24)16(11-14)18(22)20-8-9-25-15(12-20)10-13-4-2-1-3-5-13/h1-7,11,15H,8-10,12H2. The Morgan fingerprint density at radius 2 is 2.04 bits per heavy atom. The van der Waals surface area contributed by atoms with Gasteiger partial charge in [-0.1, -0.05) is 30.3 Å². The van der Waals surface area contributed by atoms with E-state index in [0.29, 0.717) is 26.1 Å². The quantitative estimate of drug-likeness (QED) is 0.631. The summed E-state index contributed by atoms with van der Waals surface area (Å²) in [5.74, 6) is -1.23. The zero-order valence-corrected chi connectivity index (χ0v) is 13.4. The van der Waals surface area contributed by atoms with Crippen LogP contribution >= 0.6 is 0 Å². The maximum atomic E-state index is 13.5. The van der Waals surface area contributed by atoms with Gasteiger partial charge >= 0.3 is 0 Å². The molecule has 130 valence electrons. The third kappa shape index (κ3) is 4.00. The molecule has 1 aliphatic rings. The Labute approximate surface area is 144 Å². The minimum atomic E-state index is -0.678. The highest BCUT2D eigenvalue weighted by Gasteiger charge is 2.29. The Hall–Kier alpha value is -2.80. The number of carbonyl (C=O) groups excluding carboxylic acids is 1. The normalized spacial score (nSPS) is 17.3. The molecule has 25 heavy (non-hydrogen) atoms. The van der Waals surface area contributed by atoms with Gasteiger partial charge in [0.1, 0.15) is 11.4 Å². The number of carbonyl (C=O) groups is 1. The van der Waals surface area contributed by atoms with Gasteiger partial charge in [-0.25, -0.2) is 4.39 Å². The summed E-state index contributed by atoms with van der Waals surface area (Å²) in [6.45, 7) is 0.964. The van der Waals surface area contributed by atoms with Gasteiger partial charge in [-0.15, -0.1) is 0 Å². The van der Waals surface area contributed by atoms with E-state index in [-0.39, 0.29) is 11.7 Å². The predicted molar refractivity (Wildman–Crippen MR) is 88.8 cm³/mol. The molecule has 2 aromatic carbocycles. The molecule has 7 heteroatoms. The molecule has 2 aromatic rings. The molecule has 1 heterocycles. The molecule has 0 saturated carbocycles. The lowest BCUT2D eigenvalue weighted by Gasteiger charge is -2.33. The van der Waals surface area contributed by atoms with Crippen molar-refractivity contribution in [1.29, 1.82) is 0 Å². The second-order valence-corrected chi connectivity index (χ2v) is 5.85. The van der Waals surface area contributed by atoms with E-state index < -0.39 is 22.3 Å². The number of nitro benzene ring substituents is 1. The van der Waals surface area contributed by atoms with Crippen LogP contribution in [0.5, 0.6) is 0 Å². The summed E-state index contributed by atoms with van der Waals surface area (Å²) in [7, 11) is 0. The van der Waals surface area contributed by atoms with E-state index in [4.69, 9.17) is 4.74 Å². The first-order valence-corrected chi connectivity index (χ1v) is 7.93. The van der Waals surface area contributed by atoms with Crippen molar-refractivity contribution in [2.75, 3.05) is 19.7 Å². The van der Waals surface area contributed by atoms with Crippen LogP contribution in [0, 0.1) is 15.9 Å². The van der Waals surface area contributed by atoms with E-state index in [0.717, 1.165) is 23.8 Å². The third-order valence-electron chi connectivity index (χ3n) is 4.12. The number of nitro groups is 1. The summed E-state index contributed by atoms with van der Waals surface area (Å²) < 4.78 is 19.2. The van der Waals surface area contributed by atoms with Crippen molar-refractivity contribution in [3.8, 4) is 0 Å². The van der Waals surface area contributed by atoms with Gasteiger partial charge in [0.25, 0.3) is 11.6 Å². The predicted octanol–water partition coefficient (Wildman–Crippen LogP) is 2.82. The molecule has 0 aliphatic carbocycles. The van der Waals surface area contributed by atoms with Crippen molar-refractivity contribution in [1.82, 2.24) is 4.90 Å². The van der Waals surface area contributed by atoms with E-state index in [1.807, 2.05) is 30.3 Å². The van der Waals surface area contributed by atoms with Crippen molar-refractivity contribution in [2.45, 2.75) is 12.5 Å². The zero-order valence-electron chi connectivity index (χ0n) is 13.4. The number of rotatable bonds is 4. The molecular weight excluding hydrogens is 327 g/mol. The average Bonchev–Trinajstić information content (AvgIpc) is 2.62. The monoisotopic (exact) mass is 344 g/mol. The van der Waals surface area contributed by atoms with Gasteiger partial charge in [-0.2, -0.15) is 0 Å². The Bertz CT molecular complexity index is 782. The molecule has 3 rings (SSSR count). The molecule has 1 atom stereocenters. The fourth-order valence-corrected chi connectivity index (χ4v) is 2.91. The van der Waals surface area contributed by atoms with Gasteiger partial charge in [0.05, 0.1) is 17.6 Å². The molecule has 0 N–H and O–H groups in total. The van der Waals surface area contributed by atoms with Crippen LogP contribution < -0.4 is 0 Å². The van der Waals surface area contributed by atoms with Crippen LogP contribution in [0.1, 0.15) is 15.9 Å². The summed E-state index contributed by atoms with van der Waals surface area (Å²) in [6, 6.07) is 12.6.